The molecule has 3 nitrogen and oxygen atoms in total. The number of aromatic nitrogens is 2. The van der Waals surface area contributed by atoms with E-state index >= 15 is 0 Å². The van der Waals surface area contributed by atoms with Gasteiger partial charge in [0, 0.05) is 18.2 Å². The SMILES string of the molecule is Fc1ccc(F)c(COc2cc(CCC3CC3)nn2CC2CCCCC2)c1. The maximum atomic E-state index is 13.9. The summed E-state index contributed by atoms with van der Waals surface area (Å²) >= 11 is 0. The van der Waals surface area contributed by atoms with Gasteiger partial charge in [-0.1, -0.05) is 32.1 Å². The summed E-state index contributed by atoms with van der Waals surface area (Å²) in [5.74, 6) is 1.28. The Morgan fingerprint density at radius 1 is 1.00 bits per heavy atom. The van der Waals surface area contributed by atoms with E-state index in [-0.39, 0.29) is 12.2 Å². The highest BCUT2D eigenvalue weighted by Gasteiger charge is 2.22. The molecule has 2 aliphatic carbocycles. The summed E-state index contributed by atoms with van der Waals surface area (Å²) in [6, 6.07) is 5.46. The zero-order chi connectivity index (χ0) is 18.6. The number of hydrogen-bond donors (Lipinski definition) is 0. The van der Waals surface area contributed by atoms with E-state index in [9.17, 15) is 8.78 Å². The second kappa shape index (κ2) is 8.41. The second-order valence-electron chi connectivity index (χ2n) is 8.17. The smallest absolute Gasteiger partial charge is 0.212 e. The number of halogens is 2. The third kappa shape index (κ3) is 5.08. The molecule has 0 bridgehead atoms. The van der Waals surface area contributed by atoms with Crippen LogP contribution >= 0.6 is 0 Å². The quantitative estimate of drug-likeness (QED) is 0.596. The first-order chi connectivity index (χ1) is 13.2. The Hall–Kier alpha value is -1.91. The molecule has 0 N–H and O–H groups in total. The van der Waals surface area contributed by atoms with Gasteiger partial charge in [0.15, 0.2) is 0 Å². The third-order valence-corrected chi connectivity index (χ3v) is 5.84. The molecule has 0 radical (unpaired) electrons. The Morgan fingerprint density at radius 2 is 1.81 bits per heavy atom. The molecule has 0 atom stereocenters. The van der Waals surface area contributed by atoms with E-state index in [4.69, 9.17) is 9.84 Å². The summed E-state index contributed by atoms with van der Waals surface area (Å²) in [7, 11) is 0. The van der Waals surface area contributed by atoms with E-state index in [1.165, 1.54) is 57.4 Å². The van der Waals surface area contributed by atoms with Crippen LogP contribution in [-0.2, 0) is 19.6 Å². The van der Waals surface area contributed by atoms with E-state index in [1.807, 2.05) is 10.7 Å². The summed E-state index contributed by atoms with van der Waals surface area (Å²) < 4.78 is 35.2. The van der Waals surface area contributed by atoms with E-state index in [2.05, 4.69) is 0 Å². The number of ether oxygens (including phenoxy) is 1. The van der Waals surface area contributed by atoms with Gasteiger partial charge in [0.25, 0.3) is 0 Å². The van der Waals surface area contributed by atoms with Crippen LogP contribution < -0.4 is 4.74 Å². The van der Waals surface area contributed by atoms with E-state index in [1.54, 1.807) is 0 Å². The molecule has 0 unspecified atom stereocenters. The average molecular weight is 374 g/mol. The monoisotopic (exact) mass is 374 g/mol. The van der Waals surface area contributed by atoms with Crippen molar-refractivity contribution in [2.45, 2.75) is 70.9 Å². The van der Waals surface area contributed by atoms with Crippen LogP contribution in [0.25, 0.3) is 0 Å². The molecule has 5 heteroatoms. The van der Waals surface area contributed by atoms with Gasteiger partial charge in [-0.05, 0) is 55.7 Å². The minimum absolute atomic E-state index is 0.0159. The second-order valence-corrected chi connectivity index (χ2v) is 8.17. The van der Waals surface area contributed by atoms with Gasteiger partial charge in [-0.15, -0.1) is 0 Å². The number of rotatable bonds is 8. The zero-order valence-corrected chi connectivity index (χ0v) is 15.8. The molecule has 2 fully saturated rings. The molecule has 146 valence electrons. The molecule has 0 spiro atoms. The highest BCUT2D eigenvalue weighted by atomic mass is 19.1. The van der Waals surface area contributed by atoms with Gasteiger partial charge in [-0.3, -0.25) is 0 Å². The summed E-state index contributed by atoms with van der Waals surface area (Å²) in [4.78, 5) is 0. The Balaban J connectivity index is 1.46. The van der Waals surface area contributed by atoms with Crippen LogP contribution in [-0.4, -0.2) is 9.78 Å². The van der Waals surface area contributed by atoms with Crippen molar-refractivity contribution in [1.82, 2.24) is 9.78 Å². The lowest BCUT2D eigenvalue weighted by Crippen LogP contribution is -2.16. The summed E-state index contributed by atoms with van der Waals surface area (Å²) in [6.07, 6.45) is 11.2. The predicted molar refractivity (Wildman–Crippen MR) is 101 cm³/mol. The van der Waals surface area contributed by atoms with Gasteiger partial charge in [0.1, 0.15) is 18.2 Å². The van der Waals surface area contributed by atoms with Crippen LogP contribution in [0.15, 0.2) is 24.3 Å². The Labute approximate surface area is 159 Å². The van der Waals surface area contributed by atoms with Crippen molar-refractivity contribution in [1.29, 1.82) is 0 Å². The minimum Gasteiger partial charge on any atom is -0.473 e. The average Bonchev–Trinajstić information content (AvgIpc) is 3.43. The molecule has 1 heterocycles. The first-order valence-corrected chi connectivity index (χ1v) is 10.3. The summed E-state index contributed by atoms with van der Waals surface area (Å²) in [5, 5.41) is 4.78. The van der Waals surface area contributed by atoms with Gasteiger partial charge >= 0.3 is 0 Å². The van der Waals surface area contributed by atoms with Crippen LogP contribution in [0.3, 0.4) is 0 Å². The van der Waals surface area contributed by atoms with Gasteiger partial charge in [-0.2, -0.15) is 5.10 Å². The fourth-order valence-corrected chi connectivity index (χ4v) is 4.00. The maximum Gasteiger partial charge on any atom is 0.212 e. The Bertz CT molecular complexity index is 764. The van der Waals surface area contributed by atoms with E-state index in [0.29, 0.717) is 11.8 Å². The van der Waals surface area contributed by atoms with Gasteiger partial charge in [-0.25, -0.2) is 13.5 Å². The number of aryl methyl sites for hydroxylation is 1. The zero-order valence-electron chi connectivity index (χ0n) is 15.8. The molecule has 1 aromatic heterocycles. The lowest BCUT2D eigenvalue weighted by Gasteiger charge is -2.22. The molecule has 2 aromatic rings. The molecular formula is C22H28F2N2O. The maximum absolute atomic E-state index is 13.9. The molecule has 1 aromatic carbocycles. The molecule has 27 heavy (non-hydrogen) atoms. The van der Waals surface area contributed by atoms with Crippen molar-refractivity contribution in [3.63, 3.8) is 0 Å². The Morgan fingerprint density at radius 3 is 2.59 bits per heavy atom. The summed E-state index contributed by atoms with van der Waals surface area (Å²) in [6.45, 7) is 0.867. The van der Waals surface area contributed by atoms with Crippen LogP contribution in [0.2, 0.25) is 0 Å². The lowest BCUT2D eigenvalue weighted by atomic mass is 9.89. The van der Waals surface area contributed by atoms with Crippen molar-refractivity contribution in [3.05, 3.63) is 47.2 Å². The van der Waals surface area contributed by atoms with Gasteiger partial charge in [0.2, 0.25) is 5.88 Å². The molecule has 2 saturated carbocycles. The van der Waals surface area contributed by atoms with Crippen molar-refractivity contribution >= 4 is 0 Å². The number of benzene rings is 1. The normalized spacial score (nSPS) is 18.0. The van der Waals surface area contributed by atoms with Crippen LogP contribution in [0.5, 0.6) is 5.88 Å². The molecular weight excluding hydrogens is 346 g/mol. The van der Waals surface area contributed by atoms with E-state index in [0.717, 1.165) is 36.7 Å². The number of nitrogens with zero attached hydrogens (tertiary/aromatic N) is 2. The Kier molecular flexibility index (Phi) is 5.74. The molecule has 0 saturated heterocycles. The fraction of sp³-hybridized carbons (Fsp3) is 0.591. The van der Waals surface area contributed by atoms with E-state index < -0.39 is 11.6 Å². The molecule has 4 rings (SSSR count). The first kappa shape index (κ1) is 18.5. The number of hydrogen-bond acceptors (Lipinski definition) is 2. The lowest BCUT2D eigenvalue weighted by molar-refractivity contribution is 0.242. The highest BCUT2D eigenvalue weighted by molar-refractivity contribution is 5.21. The van der Waals surface area contributed by atoms with Crippen LogP contribution in [0.1, 0.15) is 62.6 Å². The molecule has 2 aliphatic rings. The highest BCUT2D eigenvalue weighted by Crippen LogP contribution is 2.34. The van der Waals surface area contributed by atoms with Gasteiger partial charge < -0.3 is 4.74 Å². The van der Waals surface area contributed by atoms with Crippen molar-refractivity contribution < 1.29 is 13.5 Å². The van der Waals surface area contributed by atoms with Gasteiger partial charge in [0.05, 0.1) is 5.69 Å². The van der Waals surface area contributed by atoms with Crippen molar-refractivity contribution in [2.24, 2.45) is 11.8 Å². The predicted octanol–water partition coefficient (Wildman–Crippen LogP) is 5.66. The van der Waals surface area contributed by atoms with Crippen molar-refractivity contribution in [2.75, 3.05) is 0 Å². The topological polar surface area (TPSA) is 27.1 Å². The third-order valence-electron chi connectivity index (χ3n) is 5.84. The molecule has 0 aliphatic heterocycles. The summed E-state index contributed by atoms with van der Waals surface area (Å²) in [5.41, 5.74) is 1.28. The molecule has 0 amide bonds. The minimum atomic E-state index is -0.448. The van der Waals surface area contributed by atoms with Crippen molar-refractivity contribution in [3.8, 4) is 5.88 Å². The first-order valence-electron chi connectivity index (χ1n) is 10.3. The standard InChI is InChI=1S/C22H28F2N2O/c23-19-9-11-21(24)18(12-19)15-27-22-13-20(10-8-16-6-7-16)25-26(22)14-17-4-2-1-3-5-17/h9,11-13,16-17H,1-8,10,14-15H2. The van der Waals surface area contributed by atoms with Crippen LogP contribution in [0, 0.1) is 23.5 Å². The fourth-order valence-electron chi connectivity index (χ4n) is 4.00. The van der Waals surface area contributed by atoms with Crippen LogP contribution in [0.4, 0.5) is 8.78 Å². The largest absolute Gasteiger partial charge is 0.473 e.